The number of carbonyl (C=O) groups is 1. The molecule has 0 atom stereocenters. The molecule has 6 heteroatoms. The van der Waals surface area contributed by atoms with E-state index < -0.39 is 0 Å². The molecular weight excluding hydrogens is 386 g/mol. The lowest BCUT2D eigenvalue weighted by Crippen LogP contribution is -2.12. The summed E-state index contributed by atoms with van der Waals surface area (Å²) in [5.41, 5.74) is 5.76. The Morgan fingerprint density at radius 2 is 1.68 bits per heavy atom. The van der Waals surface area contributed by atoms with E-state index in [1.54, 1.807) is 4.68 Å². The van der Waals surface area contributed by atoms with Gasteiger partial charge in [0.2, 0.25) is 5.91 Å². The number of benzene rings is 2. The summed E-state index contributed by atoms with van der Waals surface area (Å²) >= 11 is 0. The van der Waals surface area contributed by atoms with Crippen LogP contribution in [0.25, 0.3) is 17.3 Å². The third kappa shape index (κ3) is 4.64. The molecule has 0 aliphatic heterocycles. The van der Waals surface area contributed by atoms with E-state index in [2.05, 4.69) is 22.5 Å². The Labute approximate surface area is 181 Å². The minimum atomic E-state index is -0.207. The lowest BCUT2D eigenvalue weighted by atomic mass is 10.1. The summed E-state index contributed by atoms with van der Waals surface area (Å²) in [7, 11) is 1.82. The van der Waals surface area contributed by atoms with Gasteiger partial charge in [-0.05, 0) is 25.5 Å². The summed E-state index contributed by atoms with van der Waals surface area (Å²) in [6, 6.07) is 20.2. The van der Waals surface area contributed by atoms with Gasteiger partial charge >= 0.3 is 0 Å². The van der Waals surface area contributed by atoms with E-state index in [1.165, 1.54) is 11.6 Å². The van der Waals surface area contributed by atoms with E-state index >= 15 is 0 Å². The maximum atomic E-state index is 12.6. The Hall–Kier alpha value is -3.93. The van der Waals surface area contributed by atoms with E-state index in [0.29, 0.717) is 12.4 Å². The number of hydrogen-bond donors (Lipinski definition) is 1. The molecule has 31 heavy (non-hydrogen) atoms. The van der Waals surface area contributed by atoms with Crippen molar-refractivity contribution in [1.82, 2.24) is 19.6 Å². The van der Waals surface area contributed by atoms with Crippen molar-refractivity contribution in [2.24, 2.45) is 7.05 Å². The Kier molecular flexibility index (Phi) is 5.80. The summed E-state index contributed by atoms with van der Waals surface area (Å²) < 4.78 is 3.59. The van der Waals surface area contributed by atoms with Crippen molar-refractivity contribution < 1.29 is 4.79 Å². The Morgan fingerprint density at radius 3 is 2.32 bits per heavy atom. The summed E-state index contributed by atoms with van der Waals surface area (Å²) in [6.07, 6.45) is 5.32. The summed E-state index contributed by atoms with van der Waals surface area (Å²) in [5, 5.41) is 12.1. The van der Waals surface area contributed by atoms with E-state index in [4.69, 9.17) is 5.10 Å². The Morgan fingerprint density at radius 1 is 1.00 bits per heavy atom. The van der Waals surface area contributed by atoms with Crippen molar-refractivity contribution in [2.75, 3.05) is 5.32 Å². The molecule has 6 nitrogen and oxygen atoms in total. The van der Waals surface area contributed by atoms with Crippen LogP contribution in [0, 0.1) is 13.8 Å². The van der Waals surface area contributed by atoms with Crippen LogP contribution >= 0.6 is 0 Å². The zero-order chi connectivity index (χ0) is 21.8. The van der Waals surface area contributed by atoms with Crippen molar-refractivity contribution in [3.05, 3.63) is 95.3 Å². The fourth-order valence-corrected chi connectivity index (χ4v) is 3.49. The minimum absolute atomic E-state index is 0.207. The van der Waals surface area contributed by atoms with Crippen LogP contribution in [0.1, 0.15) is 22.4 Å². The fraction of sp³-hybridized carbons (Fsp3) is 0.160. The normalized spacial score (nSPS) is 11.2. The monoisotopic (exact) mass is 411 g/mol. The Bertz CT molecular complexity index is 1220. The maximum Gasteiger partial charge on any atom is 0.249 e. The molecule has 0 saturated heterocycles. The standard InChI is InChI=1S/C25H25N5O/c1-18-19(2)27-29(3)25(18)26-23(31)15-14-22-17-30(16-20-10-6-4-7-11-20)28-24(22)21-12-8-5-9-13-21/h4-15,17H,16H2,1-3H3,(H,26,31)/b15-14+. The van der Waals surface area contributed by atoms with E-state index in [0.717, 1.165) is 28.1 Å². The number of carbonyl (C=O) groups excluding carboxylic acids is 1. The van der Waals surface area contributed by atoms with Crippen LogP contribution < -0.4 is 5.32 Å². The first-order valence-corrected chi connectivity index (χ1v) is 10.2. The summed E-state index contributed by atoms with van der Waals surface area (Å²) in [5.74, 6) is 0.496. The molecule has 0 bridgehead atoms. The number of aryl methyl sites for hydroxylation is 2. The molecule has 2 heterocycles. The first-order chi connectivity index (χ1) is 15.0. The molecule has 1 amide bonds. The van der Waals surface area contributed by atoms with Gasteiger partial charge in [-0.25, -0.2) is 0 Å². The first kappa shape index (κ1) is 20.3. The molecule has 1 N–H and O–H groups in total. The van der Waals surface area contributed by atoms with Gasteiger partial charge in [-0.2, -0.15) is 10.2 Å². The highest BCUT2D eigenvalue weighted by Gasteiger charge is 2.12. The van der Waals surface area contributed by atoms with Crippen LogP contribution in [0.5, 0.6) is 0 Å². The van der Waals surface area contributed by atoms with Gasteiger partial charge in [0.05, 0.1) is 17.9 Å². The van der Waals surface area contributed by atoms with Crippen molar-refractivity contribution in [2.45, 2.75) is 20.4 Å². The molecule has 4 aromatic rings. The third-order valence-corrected chi connectivity index (χ3v) is 5.20. The number of anilines is 1. The first-order valence-electron chi connectivity index (χ1n) is 10.2. The fourth-order valence-electron chi connectivity index (χ4n) is 3.49. The smallest absolute Gasteiger partial charge is 0.249 e. The molecular formula is C25H25N5O. The molecule has 156 valence electrons. The quantitative estimate of drug-likeness (QED) is 0.472. The summed E-state index contributed by atoms with van der Waals surface area (Å²) in [4.78, 5) is 12.6. The largest absolute Gasteiger partial charge is 0.307 e. The third-order valence-electron chi connectivity index (χ3n) is 5.20. The van der Waals surface area contributed by atoms with Crippen molar-refractivity contribution in [3.63, 3.8) is 0 Å². The highest BCUT2D eigenvalue weighted by atomic mass is 16.1. The van der Waals surface area contributed by atoms with Gasteiger partial charge in [0.1, 0.15) is 5.82 Å². The number of amides is 1. The predicted octanol–water partition coefficient (Wildman–Crippen LogP) is 4.60. The van der Waals surface area contributed by atoms with Gasteiger partial charge in [-0.15, -0.1) is 0 Å². The van der Waals surface area contributed by atoms with Gasteiger partial charge in [0, 0.05) is 36.0 Å². The van der Waals surface area contributed by atoms with Crippen molar-refractivity contribution >= 4 is 17.8 Å². The lowest BCUT2D eigenvalue weighted by Gasteiger charge is -2.04. The van der Waals surface area contributed by atoms with Crippen LogP contribution in [0.15, 0.2) is 72.9 Å². The van der Waals surface area contributed by atoms with Crippen LogP contribution in [-0.2, 0) is 18.4 Å². The number of aromatic nitrogens is 4. The second kappa shape index (κ2) is 8.83. The molecule has 0 spiro atoms. The van der Waals surface area contributed by atoms with Gasteiger partial charge in [-0.1, -0.05) is 60.7 Å². The topological polar surface area (TPSA) is 64.7 Å². The van der Waals surface area contributed by atoms with Crippen LogP contribution in [-0.4, -0.2) is 25.5 Å². The molecule has 0 aliphatic carbocycles. The highest BCUT2D eigenvalue weighted by Crippen LogP contribution is 2.24. The molecule has 0 fully saturated rings. The SMILES string of the molecule is Cc1nn(C)c(NC(=O)/C=C/c2cn(Cc3ccccc3)nc2-c2ccccc2)c1C. The number of rotatable bonds is 6. The maximum absolute atomic E-state index is 12.6. The van der Waals surface area contributed by atoms with E-state index in [9.17, 15) is 4.79 Å². The molecule has 2 aromatic carbocycles. The van der Waals surface area contributed by atoms with Crippen molar-refractivity contribution in [3.8, 4) is 11.3 Å². The van der Waals surface area contributed by atoms with E-state index in [1.807, 2.05) is 86.4 Å². The second-order valence-corrected chi connectivity index (χ2v) is 7.49. The van der Waals surface area contributed by atoms with Crippen LogP contribution in [0.4, 0.5) is 5.82 Å². The zero-order valence-electron chi connectivity index (χ0n) is 17.9. The van der Waals surface area contributed by atoms with Crippen molar-refractivity contribution in [1.29, 1.82) is 0 Å². The molecule has 0 unspecified atom stereocenters. The molecule has 2 aromatic heterocycles. The second-order valence-electron chi connectivity index (χ2n) is 7.49. The van der Waals surface area contributed by atoms with E-state index in [-0.39, 0.29) is 5.91 Å². The summed E-state index contributed by atoms with van der Waals surface area (Å²) in [6.45, 7) is 4.53. The molecule has 0 radical (unpaired) electrons. The average Bonchev–Trinajstić information content (AvgIpc) is 3.29. The number of hydrogen-bond acceptors (Lipinski definition) is 3. The highest BCUT2D eigenvalue weighted by molar-refractivity contribution is 6.02. The Balaban J connectivity index is 1.60. The predicted molar refractivity (Wildman–Crippen MR) is 124 cm³/mol. The number of nitrogens with one attached hydrogen (secondary N) is 1. The van der Waals surface area contributed by atoms with Gasteiger partial charge in [0.15, 0.2) is 0 Å². The zero-order valence-corrected chi connectivity index (χ0v) is 17.9. The van der Waals surface area contributed by atoms with Gasteiger partial charge in [-0.3, -0.25) is 14.2 Å². The van der Waals surface area contributed by atoms with Gasteiger partial charge in [0.25, 0.3) is 0 Å². The lowest BCUT2D eigenvalue weighted by molar-refractivity contribution is -0.111. The molecule has 0 aliphatic rings. The molecule has 4 rings (SSSR count). The van der Waals surface area contributed by atoms with Gasteiger partial charge < -0.3 is 5.32 Å². The van der Waals surface area contributed by atoms with Crippen LogP contribution in [0.2, 0.25) is 0 Å². The molecule has 0 saturated carbocycles. The minimum Gasteiger partial charge on any atom is -0.307 e. The average molecular weight is 412 g/mol. The van der Waals surface area contributed by atoms with Crippen LogP contribution in [0.3, 0.4) is 0 Å². The number of nitrogens with zero attached hydrogens (tertiary/aromatic N) is 4.